The molecule has 0 aliphatic carbocycles. The van der Waals surface area contributed by atoms with Crippen molar-refractivity contribution in [2.24, 2.45) is 0 Å². The molecule has 0 unspecified atom stereocenters. The molecule has 0 saturated heterocycles. The summed E-state index contributed by atoms with van der Waals surface area (Å²) >= 11 is 0. The average Bonchev–Trinajstić information content (AvgIpc) is 2.73. The molecule has 21 heavy (non-hydrogen) atoms. The van der Waals surface area contributed by atoms with Gasteiger partial charge in [0.15, 0.2) is 0 Å². The molecule has 3 heteroatoms. The monoisotopic (exact) mass is 284 g/mol. The first kappa shape index (κ1) is 15.4. The van der Waals surface area contributed by atoms with E-state index in [1.54, 1.807) is 0 Å². The maximum Gasteiger partial charge on any atom is 0.268 e. The zero-order chi connectivity index (χ0) is 15.4. The van der Waals surface area contributed by atoms with Gasteiger partial charge in [0.1, 0.15) is 5.69 Å². The van der Waals surface area contributed by atoms with Crippen molar-refractivity contribution in [3.05, 3.63) is 58.4 Å². The number of carbonyl (C=O) groups is 1. The minimum atomic E-state index is 0.0227. The molecule has 2 rings (SSSR count). The third-order valence-electron chi connectivity index (χ3n) is 3.71. The summed E-state index contributed by atoms with van der Waals surface area (Å²) in [6.45, 7) is 9.64. The Morgan fingerprint density at radius 3 is 2.43 bits per heavy atom. The van der Waals surface area contributed by atoms with Gasteiger partial charge in [0, 0.05) is 18.8 Å². The van der Waals surface area contributed by atoms with E-state index in [4.69, 9.17) is 0 Å². The summed E-state index contributed by atoms with van der Waals surface area (Å²) in [5.41, 5.74) is 5.40. The maximum absolute atomic E-state index is 12.4. The number of aryl methyl sites for hydroxylation is 3. The number of benzene rings is 1. The Morgan fingerprint density at radius 1 is 1.14 bits per heavy atom. The van der Waals surface area contributed by atoms with E-state index in [1.807, 2.05) is 6.92 Å². The van der Waals surface area contributed by atoms with Gasteiger partial charge in [-0.2, -0.15) is 0 Å². The minimum absolute atomic E-state index is 0.0227. The minimum Gasteiger partial charge on any atom is -0.351 e. The second-order valence-electron chi connectivity index (χ2n) is 5.64. The third kappa shape index (κ3) is 3.54. The topological polar surface area (TPSA) is 34.0 Å². The number of aromatic nitrogens is 1. The van der Waals surface area contributed by atoms with E-state index in [-0.39, 0.29) is 5.91 Å². The van der Waals surface area contributed by atoms with Crippen molar-refractivity contribution in [3.63, 3.8) is 0 Å². The van der Waals surface area contributed by atoms with Crippen molar-refractivity contribution in [1.82, 2.24) is 9.88 Å². The summed E-state index contributed by atoms with van der Waals surface area (Å²) in [5.74, 6) is 0.0227. The van der Waals surface area contributed by atoms with Gasteiger partial charge in [-0.1, -0.05) is 36.8 Å². The van der Waals surface area contributed by atoms with Crippen molar-refractivity contribution < 1.29 is 4.79 Å². The Kier molecular flexibility index (Phi) is 4.84. The Hall–Kier alpha value is -2.03. The third-order valence-corrected chi connectivity index (χ3v) is 3.71. The highest BCUT2D eigenvalue weighted by Gasteiger charge is 2.16. The number of amides is 1. The molecule has 0 saturated carbocycles. The molecule has 1 heterocycles. The molecule has 1 amide bonds. The first-order chi connectivity index (χ1) is 10.0. The molecule has 1 aromatic heterocycles. The lowest BCUT2D eigenvalue weighted by Gasteiger charge is -2.13. The summed E-state index contributed by atoms with van der Waals surface area (Å²) < 4.78 is 2.10. The lowest BCUT2D eigenvalue weighted by atomic mass is 10.1. The number of nitrogens with zero attached hydrogens (tertiary/aromatic N) is 1. The van der Waals surface area contributed by atoms with Crippen LogP contribution in [0.2, 0.25) is 0 Å². The molecule has 2 aromatic rings. The fourth-order valence-electron chi connectivity index (χ4n) is 2.55. The van der Waals surface area contributed by atoms with Crippen LogP contribution in [0.3, 0.4) is 0 Å². The molecule has 0 atom stereocenters. The standard InChI is InChI=1S/C18H24N2O/c1-5-10-19-18(21)17-14(3)11-15(4)20(17)12-16-8-6-13(2)7-9-16/h6-9,11H,5,10,12H2,1-4H3,(H,19,21). The number of hydrogen-bond donors (Lipinski definition) is 1. The molecule has 0 radical (unpaired) electrons. The Balaban J connectivity index is 2.30. The lowest BCUT2D eigenvalue weighted by molar-refractivity contribution is 0.0944. The second kappa shape index (κ2) is 6.61. The molecule has 112 valence electrons. The van der Waals surface area contributed by atoms with E-state index in [2.05, 4.69) is 61.0 Å². The number of rotatable bonds is 5. The summed E-state index contributed by atoms with van der Waals surface area (Å²) in [6, 6.07) is 10.5. The van der Waals surface area contributed by atoms with Crippen molar-refractivity contribution in [2.75, 3.05) is 6.54 Å². The van der Waals surface area contributed by atoms with Crippen LogP contribution in [-0.4, -0.2) is 17.0 Å². The van der Waals surface area contributed by atoms with E-state index in [0.717, 1.165) is 29.9 Å². The summed E-state index contributed by atoms with van der Waals surface area (Å²) in [5, 5.41) is 2.98. The lowest BCUT2D eigenvalue weighted by Crippen LogP contribution is -2.27. The average molecular weight is 284 g/mol. The van der Waals surface area contributed by atoms with Gasteiger partial charge < -0.3 is 9.88 Å². The molecular weight excluding hydrogens is 260 g/mol. The summed E-state index contributed by atoms with van der Waals surface area (Å²) in [6.07, 6.45) is 0.947. The fraction of sp³-hybridized carbons (Fsp3) is 0.389. The van der Waals surface area contributed by atoms with Crippen molar-refractivity contribution in [3.8, 4) is 0 Å². The SMILES string of the molecule is CCCNC(=O)c1c(C)cc(C)n1Cc1ccc(C)cc1. The predicted molar refractivity (Wildman–Crippen MR) is 86.8 cm³/mol. The molecule has 0 bridgehead atoms. The molecule has 1 aromatic carbocycles. The molecule has 0 fully saturated rings. The van der Waals surface area contributed by atoms with Crippen LogP contribution in [0.5, 0.6) is 0 Å². The summed E-state index contributed by atoms with van der Waals surface area (Å²) in [4.78, 5) is 12.4. The second-order valence-corrected chi connectivity index (χ2v) is 5.64. The first-order valence-electron chi connectivity index (χ1n) is 7.53. The molecular formula is C18H24N2O. The number of hydrogen-bond acceptors (Lipinski definition) is 1. The van der Waals surface area contributed by atoms with Crippen molar-refractivity contribution in [1.29, 1.82) is 0 Å². The van der Waals surface area contributed by atoms with Crippen molar-refractivity contribution >= 4 is 5.91 Å². The van der Waals surface area contributed by atoms with Crippen LogP contribution in [0, 0.1) is 20.8 Å². The van der Waals surface area contributed by atoms with Crippen LogP contribution in [0.15, 0.2) is 30.3 Å². The van der Waals surface area contributed by atoms with E-state index >= 15 is 0 Å². The van der Waals surface area contributed by atoms with Gasteiger partial charge >= 0.3 is 0 Å². The van der Waals surface area contributed by atoms with Gasteiger partial charge in [0.25, 0.3) is 5.91 Å². The Labute approximate surface area is 127 Å². The van der Waals surface area contributed by atoms with Crippen LogP contribution in [0.25, 0.3) is 0 Å². The largest absolute Gasteiger partial charge is 0.351 e. The fourth-order valence-corrected chi connectivity index (χ4v) is 2.55. The quantitative estimate of drug-likeness (QED) is 0.894. The zero-order valence-corrected chi connectivity index (χ0v) is 13.4. The van der Waals surface area contributed by atoms with Gasteiger partial charge in [-0.3, -0.25) is 4.79 Å². The van der Waals surface area contributed by atoms with Gasteiger partial charge in [0.2, 0.25) is 0 Å². The smallest absolute Gasteiger partial charge is 0.268 e. The van der Waals surface area contributed by atoms with E-state index in [0.29, 0.717) is 6.54 Å². The van der Waals surface area contributed by atoms with Crippen LogP contribution in [0.4, 0.5) is 0 Å². The van der Waals surface area contributed by atoms with Crippen LogP contribution in [-0.2, 0) is 6.54 Å². The van der Waals surface area contributed by atoms with E-state index in [1.165, 1.54) is 11.1 Å². The molecule has 1 N–H and O–H groups in total. The molecule has 0 spiro atoms. The van der Waals surface area contributed by atoms with Crippen LogP contribution in [0.1, 0.15) is 46.2 Å². The normalized spacial score (nSPS) is 10.7. The van der Waals surface area contributed by atoms with Gasteiger partial charge in [-0.15, -0.1) is 0 Å². The number of carbonyl (C=O) groups excluding carboxylic acids is 1. The van der Waals surface area contributed by atoms with Crippen molar-refractivity contribution in [2.45, 2.75) is 40.7 Å². The van der Waals surface area contributed by atoms with Crippen LogP contribution < -0.4 is 5.32 Å². The van der Waals surface area contributed by atoms with E-state index in [9.17, 15) is 4.79 Å². The predicted octanol–water partition coefficient (Wildman–Crippen LogP) is 3.60. The zero-order valence-electron chi connectivity index (χ0n) is 13.4. The first-order valence-corrected chi connectivity index (χ1v) is 7.53. The van der Waals surface area contributed by atoms with Gasteiger partial charge in [0.05, 0.1) is 0 Å². The van der Waals surface area contributed by atoms with E-state index < -0.39 is 0 Å². The molecule has 0 aliphatic rings. The summed E-state index contributed by atoms with van der Waals surface area (Å²) in [7, 11) is 0. The number of nitrogens with one attached hydrogen (secondary N) is 1. The van der Waals surface area contributed by atoms with Gasteiger partial charge in [-0.05, 0) is 44.4 Å². The highest BCUT2D eigenvalue weighted by Crippen LogP contribution is 2.17. The highest BCUT2D eigenvalue weighted by atomic mass is 16.1. The highest BCUT2D eigenvalue weighted by molar-refractivity contribution is 5.94. The Bertz CT molecular complexity index is 623. The Morgan fingerprint density at radius 2 is 1.81 bits per heavy atom. The van der Waals surface area contributed by atoms with Gasteiger partial charge in [-0.25, -0.2) is 0 Å². The maximum atomic E-state index is 12.4. The molecule has 0 aliphatic heterocycles. The van der Waals surface area contributed by atoms with Crippen LogP contribution >= 0.6 is 0 Å². The molecule has 3 nitrogen and oxygen atoms in total.